The smallest absolute Gasteiger partial charge is 0.408 e. The van der Waals surface area contributed by atoms with Gasteiger partial charge in [0.1, 0.15) is 17.7 Å². The van der Waals surface area contributed by atoms with Crippen LogP contribution < -0.4 is 10.6 Å². The van der Waals surface area contributed by atoms with Crippen LogP contribution in [-0.4, -0.2) is 40.0 Å². The van der Waals surface area contributed by atoms with Crippen LogP contribution in [0.15, 0.2) is 66.7 Å². The summed E-state index contributed by atoms with van der Waals surface area (Å²) in [5.74, 6) is -0.689. The minimum Gasteiger partial charge on any atom is -0.444 e. The predicted molar refractivity (Wildman–Crippen MR) is 178 cm³/mol. The van der Waals surface area contributed by atoms with Crippen LogP contribution in [0.5, 0.6) is 0 Å². The predicted octanol–water partition coefficient (Wildman–Crippen LogP) is 7.75. The van der Waals surface area contributed by atoms with Crippen molar-refractivity contribution in [3.63, 3.8) is 0 Å². The molecule has 0 saturated heterocycles. The molecule has 0 aliphatic rings. The maximum Gasteiger partial charge on any atom is 0.408 e. The Labute approximate surface area is 263 Å². The van der Waals surface area contributed by atoms with E-state index in [-0.39, 0.29) is 18.2 Å². The molecule has 0 bridgehead atoms. The van der Waals surface area contributed by atoms with Gasteiger partial charge in [0.25, 0.3) is 5.91 Å². The molecule has 44 heavy (non-hydrogen) atoms. The highest BCUT2D eigenvalue weighted by Gasteiger charge is 2.43. The number of carbonyl (C=O) groups excluding carboxylic acids is 3. The molecule has 3 aromatic rings. The molecule has 0 aromatic heterocycles. The van der Waals surface area contributed by atoms with Gasteiger partial charge in [0, 0.05) is 17.6 Å². The minimum atomic E-state index is -0.987. The molecule has 3 rings (SSSR count). The van der Waals surface area contributed by atoms with E-state index in [2.05, 4.69) is 10.6 Å². The van der Waals surface area contributed by atoms with E-state index < -0.39 is 29.3 Å². The van der Waals surface area contributed by atoms with Gasteiger partial charge in [0.05, 0.1) is 0 Å². The second kappa shape index (κ2) is 14.1. The average Bonchev–Trinajstić information content (AvgIpc) is 2.91. The molecule has 7 nitrogen and oxygen atoms in total. The highest BCUT2D eigenvalue weighted by Crippen LogP contribution is 2.35. The number of carbonyl (C=O) groups is 3. The summed E-state index contributed by atoms with van der Waals surface area (Å²) in [6.45, 7) is 19.1. The lowest BCUT2D eigenvalue weighted by Gasteiger charge is -2.45. The number of rotatable bonds is 10. The van der Waals surface area contributed by atoms with Gasteiger partial charge in [-0.15, -0.1) is 0 Å². The van der Waals surface area contributed by atoms with Crippen molar-refractivity contribution >= 4 is 23.6 Å². The van der Waals surface area contributed by atoms with Crippen LogP contribution in [-0.2, 0) is 20.7 Å². The zero-order chi connectivity index (χ0) is 32.8. The fourth-order valence-electron chi connectivity index (χ4n) is 5.40. The summed E-state index contributed by atoms with van der Waals surface area (Å²) in [6, 6.07) is 19.4. The molecule has 3 aromatic carbocycles. The maximum absolute atomic E-state index is 14.9. The van der Waals surface area contributed by atoms with E-state index in [1.807, 2.05) is 115 Å². The van der Waals surface area contributed by atoms with Crippen LogP contribution in [0.1, 0.15) is 87.4 Å². The third kappa shape index (κ3) is 8.94. The van der Waals surface area contributed by atoms with Crippen molar-refractivity contribution in [2.24, 2.45) is 0 Å². The van der Waals surface area contributed by atoms with Crippen molar-refractivity contribution < 1.29 is 19.1 Å². The molecular weight excluding hydrogens is 550 g/mol. The number of amides is 3. The molecule has 236 valence electrons. The summed E-state index contributed by atoms with van der Waals surface area (Å²) in [5, 5.41) is 6.01. The van der Waals surface area contributed by atoms with Crippen LogP contribution in [0.25, 0.3) is 0 Å². The lowest BCUT2D eigenvalue weighted by molar-refractivity contribution is -0.147. The Morgan fingerprint density at radius 2 is 1.39 bits per heavy atom. The average molecular weight is 600 g/mol. The quantitative estimate of drug-likeness (QED) is 0.249. The molecule has 7 heteroatoms. The van der Waals surface area contributed by atoms with Gasteiger partial charge < -0.3 is 20.3 Å². The molecule has 0 spiro atoms. The highest BCUT2D eigenvalue weighted by molar-refractivity contribution is 6.00. The van der Waals surface area contributed by atoms with Crippen molar-refractivity contribution in [3.8, 4) is 0 Å². The van der Waals surface area contributed by atoms with E-state index in [0.29, 0.717) is 12.0 Å². The monoisotopic (exact) mass is 599 g/mol. The summed E-state index contributed by atoms with van der Waals surface area (Å²) in [5.41, 5.74) is 4.62. The number of para-hydroxylation sites is 1. The number of hydrogen-bond donors (Lipinski definition) is 2. The first-order chi connectivity index (χ1) is 20.5. The summed E-state index contributed by atoms with van der Waals surface area (Å²) in [6.07, 6.45) is 0.109. The molecule has 3 amide bonds. The molecule has 2 atom stereocenters. The normalized spacial score (nSPS) is 13.0. The fourth-order valence-corrected chi connectivity index (χ4v) is 5.40. The summed E-state index contributed by atoms with van der Waals surface area (Å²) >= 11 is 0. The lowest BCUT2D eigenvalue weighted by atomic mass is 9.90. The number of alkyl carbamates (subject to hydrolysis) is 1. The Morgan fingerprint density at radius 3 is 1.91 bits per heavy atom. The van der Waals surface area contributed by atoms with Gasteiger partial charge in [-0.2, -0.15) is 0 Å². The summed E-state index contributed by atoms with van der Waals surface area (Å²) in [7, 11) is 0. The van der Waals surface area contributed by atoms with Gasteiger partial charge in [-0.3, -0.25) is 9.59 Å². The van der Waals surface area contributed by atoms with Crippen LogP contribution in [0.2, 0.25) is 0 Å². The molecule has 0 heterocycles. The number of anilines is 1. The second-order valence-corrected chi connectivity index (χ2v) is 13.3. The second-order valence-electron chi connectivity index (χ2n) is 13.3. The first-order valence-corrected chi connectivity index (χ1v) is 15.3. The van der Waals surface area contributed by atoms with Crippen molar-refractivity contribution in [1.29, 1.82) is 0 Å². The fraction of sp³-hybridized carbons (Fsp3) is 0.432. The summed E-state index contributed by atoms with van der Waals surface area (Å²) < 4.78 is 5.58. The maximum atomic E-state index is 14.9. The third-order valence-corrected chi connectivity index (χ3v) is 7.82. The van der Waals surface area contributed by atoms with Crippen molar-refractivity contribution in [1.82, 2.24) is 10.2 Å². The van der Waals surface area contributed by atoms with Gasteiger partial charge in [-0.05, 0) is 91.0 Å². The molecule has 2 N–H and O–H groups in total. The molecule has 0 fully saturated rings. The van der Waals surface area contributed by atoms with Gasteiger partial charge >= 0.3 is 6.09 Å². The molecule has 2 unspecified atom stereocenters. The van der Waals surface area contributed by atoms with Crippen LogP contribution in [0.3, 0.4) is 0 Å². The number of nitrogens with one attached hydrogen (secondary N) is 2. The first kappa shape index (κ1) is 34.4. The number of aryl methyl sites for hydroxylation is 4. The van der Waals surface area contributed by atoms with E-state index in [1.54, 1.807) is 25.7 Å². The topological polar surface area (TPSA) is 87.7 Å². The van der Waals surface area contributed by atoms with Gasteiger partial charge in [0.2, 0.25) is 5.91 Å². The van der Waals surface area contributed by atoms with E-state index in [4.69, 9.17) is 4.74 Å². The van der Waals surface area contributed by atoms with E-state index in [1.165, 1.54) is 0 Å². The van der Waals surface area contributed by atoms with Gasteiger partial charge in [-0.25, -0.2) is 4.79 Å². The Kier molecular flexibility index (Phi) is 11.0. The highest BCUT2D eigenvalue weighted by atomic mass is 16.6. The Balaban J connectivity index is 2.20. The van der Waals surface area contributed by atoms with Crippen molar-refractivity contribution in [2.75, 3.05) is 5.32 Å². The Bertz CT molecular complexity index is 1430. The molecular formula is C37H49N3O4. The van der Waals surface area contributed by atoms with Crippen LogP contribution >= 0.6 is 0 Å². The van der Waals surface area contributed by atoms with Crippen LogP contribution in [0.4, 0.5) is 10.5 Å². The number of ether oxygens (including phenoxy) is 1. The molecule has 0 radical (unpaired) electrons. The van der Waals surface area contributed by atoms with Crippen molar-refractivity contribution in [2.45, 2.75) is 105 Å². The first-order valence-electron chi connectivity index (χ1n) is 15.3. The minimum absolute atomic E-state index is 0.229. The zero-order valence-corrected chi connectivity index (χ0v) is 28.0. The molecule has 0 saturated carbocycles. The Morgan fingerprint density at radius 1 is 0.818 bits per heavy atom. The SMILES string of the molecule is CCC(C)(C)N(C(=O)C(Cc1ccccc1)NC(=O)OC(C)(C)C)C(C(=O)Nc1c(C)cccc1C)c1cc(C)cc(C)c1. The van der Waals surface area contributed by atoms with Gasteiger partial charge in [-0.1, -0.05) is 84.8 Å². The van der Waals surface area contributed by atoms with Gasteiger partial charge in [0.15, 0.2) is 0 Å². The standard InChI is InChI=1S/C37H49N3O4/c1-11-37(9,10)40(34(42)30(23-28-18-13-12-14-19-28)38-35(43)44-36(6,7)8)32(29-21-24(2)20-25(3)22-29)33(41)39-31-26(4)16-15-17-27(31)5/h12-22,30,32H,11,23H2,1-10H3,(H,38,43)(H,39,41). The molecule has 0 aliphatic carbocycles. The molecule has 0 aliphatic heterocycles. The Hall–Kier alpha value is -4.13. The third-order valence-electron chi connectivity index (χ3n) is 7.82. The lowest BCUT2D eigenvalue weighted by Crippen LogP contribution is -2.59. The zero-order valence-electron chi connectivity index (χ0n) is 28.0. The van der Waals surface area contributed by atoms with Crippen LogP contribution in [0, 0.1) is 27.7 Å². The van der Waals surface area contributed by atoms with E-state index >= 15 is 0 Å². The number of nitrogens with zero attached hydrogens (tertiary/aromatic N) is 1. The van der Waals surface area contributed by atoms with E-state index in [9.17, 15) is 14.4 Å². The largest absolute Gasteiger partial charge is 0.444 e. The number of hydrogen-bond acceptors (Lipinski definition) is 4. The summed E-state index contributed by atoms with van der Waals surface area (Å²) in [4.78, 5) is 44.2. The number of benzene rings is 3. The van der Waals surface area contributed by atoms with E-state index in [0.717, 1.165) is 33.5 Å². The van der Waals surface area contributed by atoms with Crippen molar-refractivity contribution in [3.05, 3.63) is 100 Å².